The normalized spacial score (nSPS) is 28.9. The van der Waals surface area contributed by atoms with Crippen molar-refractivity contribution in [2.45, 2.75) is 32.3 Å². The van der Waals surface area contributed by atoms with E-state index in [0.717, 1.165) is 32.7 Å². The summed E-state index contributed by atoms with van der Waals surface area (Å²) in [5.74, 6) is 1.41. The molecule has 0 spiro atoms. The number of fused-ring (bicyclic) bond motifs is 1. The minimum absolute atomic E-state index is 0.479. The molecule has 0 aliphatic carbocycles. The largest absolute Gasteiger partial charge is 0.384 e. The number of benzene rings is 1. The first-order valence-corrected chi connectivity index (χ1v) is 8.01. The zero-order chi connectivity index (χ0) is 13.8. The number of hydrogen-bond acceptors (Lipinski definition) is 3. The third-order valence-electron chi connectivity index (χ3n) is 4.70. The van der Waals surface area contributed by atoms with E-state index in [4.69, 9.17) is 4.74 Å². The molecule has 0 amide bonds. The van der Waals surface area contributed by atoms with Crippen LogP contribution < -0.4 is 10.6 Å². The van der Waals surface area contributed by atoms with Gasteiger partial charge in [0.1, 0.15) is 0 Å². The van der Waals surface area contributed by atoms with E-state index in [-0.39, 0.29) is 0 Å². The summed E-state index contributed by atoms with van der Waals surface area (Å²) in [4.78, 5) is 0. The zero-order valence-electron chi connectivity index (χ0n) is 12.4. The van der Waals surface area contributed by atoms with Gasteiger partial charge in [0.05, 0.1) is 6.10 Å². The maximum absolute atomic E-state index is 5.75. The fraction of sp³-hybridized carbons (Fsp3) is 0.647. The molecule has 3 nitrogen and oxygen atoms in total. The van der Waals surface area contributed by atoms with Crippen LogP contribution in [-0.2, 0) is 11.2 Å². The van der Waals surface area contributed by atoms with Gasteiger partial charge in [-0.25, -0.2) is 0 Å². The number of rotatable bonds is 5. The smallest absolute Gasteiger partial charge is 0.0613 e. The Hall–Kier alpha value is -1.06. The van der Waals surface area contributed by atoms with Gasteiger partial charge in [-0.2, -0.15) is 0 Å². The highest BCUT2D eigenvalue weighted by atomic mass is 16.5. The second-order valence-corrected chi connectivity index (χ2v) is 6.13. The Balaban J connectivity index is 1.44. The first kappa shape index (κ1) is 13.9. The van der Waals surface area contributed by atoms with E-state index >= 15 is 0 Å². The minimum atomic E-state index is 0.479. The van der Waals surface area contributed by atoms with Crippen molar-refractivity contribution in [3.63, 3.8) is 0 Å². The van der Waals surface area contributed by atoms with Crippen LogP contribution in [0.25, 0.3) is 0 Å². The Morgan fingerprint density at radius 3 is 3.10 bits per heavy atom. The van der Waals surface area contributed by atoms with Crippen molar-refractivity contribution in [3.8, 4) is 0 Å². The van der Waals surface area contributed by atoms with Crippen molar-refractivity contribution in [2.75, 3.05) is 31.6 Å². The Morgan fingerprint density at radius 1 is 1.30 bits per heavy atom. The number of ether oxygens (including phenoxy) is 1. The SMILES string of the molecule is CCC1OCCC1CNCC1CNc2ccccc2C1. The number of anilines is 1. The molecular formula is C17H26N2O. The maximum Gasteiger partial charge on any atom is 0.0613 e. The molecule has 3 heteroatoms. The average molecular weight is 274 g/mol. The van der Waals surface area contributed by atoms with Crippen molar-refractivity contribution >= 4 is 5.69 Å². The van der Waals surface area contributed by atoms with Crippen LogP contribution in [0.1, 0.15) is 25.3 Å². The molecule has 1 saturated heterocycles. The monoisotopic (exact) mass is 274 g/mol. The highest BCUT2D eigenvalue weighted by Crippen LogP contribution is 2.25. The van der Waals surface area contributed by atoms with E-state index in [0.29, 0.717) is 17.9 Å². The van der Waals surface area contributed by atoms with Crippen molar-refractivity contribution < 1.29 is 4.74 Å². The molecule has 1 aromatic rings. The van der Waals surface area contributed by atoms with Crippen molar-refractivity contribution in [3.05, 3.63) is 29.8 Å². The van der Waals surface area contributed by atoms with E-state index in [9.17, 15) is 0 Å². The van der Waals surface area contributed by atoms with Crippen molar-refractivity contribution in [1.29, 1.82) is 0 Å². The molecule has 0 radical (unpaired) electrons. The molecule has 2 N–H and O–H groups in total. The predicted molar refractivity (Wildman–Crippen MR) is 83.1 cm³/mol. The van der Waals surface area contributed by atoms with Crippen molar-refractivity contribution in [2.24, 2.45) is 11.8 Å². The molecular weight excluding hydrogens is 248 g/mol. The van der Waals surface area contributed by atoms with Crippen LogP contribution in [0.3, 0.4) is 0 Å². The van der Waals surface area contributed by atoms with Crippen LogP contribution >= 0.6 is 0 Å². The molecule has 3 unspecified atom stereocenters. The van der Waals surface area contributed by atoms with Crippen LogP contribution in [0.2, 0.25) is 0 Å². The molecule has 1 fully saturated rings. The molecule has 110 valence electrons. The van der Waals surface area contributed by atoms with Gasteiger partial charge in [0.2, 0.25) is 0 Å². The molecule has 2 aliphatic heterocycles. The fourth-order valence-corrected chi connectivity index (χ4v) is 3.50. The van der Waals surface area contributed by atoms with Gasteiger partial charge < -0.3 is 15.4 Å². The van der Waals surface area contributed by atoms with Crippen molar-refractivity contribution in [1.82, 2.24) is 5.32 Å². The van der Waals surface area contributed by atoms with E-state index < -0.39 is 0 Å². The minimum Gasteiger partial charge on any atom is -0.384 e. The number of para-hydroxylation sites is 1. The molecule has 2 heterocycles. The molecule has 0 saturated carbocycles. The summed E-state index contributed by atoms with van der Waals surface area (Å²) in [5, 5.41) is 7.22. The average Bonchev–Trinajstić information content (AvgIpc) is 2.95. The van der Waals surface area contributed by atoms with Gasteiger partial charge in [-0.15, -0.1) is 0 Å². The summed E-state index contributed by atoms with van der Waals surface area (Å²) >= 11 is 0. The summed E-state index contributed by atoms with van der Waals surface area (Å²) in [6.07, 6.45) is 4.03. The van der Waals surface area contributed by atoms with Gasteiger partial charge in [0.25, 0.3) is 0 Å². The number of nitrogens with one attached hydrogen (secondary N) is 2. The van der Waals surface area contributed by atoms with E-state index in [2.05, 4.69) is 41.8 Å². The Labute approximate surface area is 122 Å². The standard InChI is InChI=1S/C17H26N2O/c1-2-17-15(7-8-20-17)12-18-10-13-9-14-5-3-4-6-16(14)19-11-13/h3-6,13,15,17-19H,2,7-12H2,1H3. The zero-order valence-corrected chi connectivity index (χ0v) is 12.4. The van der Waals surface area contributed by atoms with Crippen LogP contribution in [0.15, 0.2) is 24.3 Å². The summed E-state index contributed by atoms with van der Waals surface area (Å²) in [5.41, 5.74) is 2.78. The van der Waals surface area contributed by atoms with Gasteiger partial charge in [0.15, 0.2) is 0 Å². The second kappa shape index (κ2) is 6.59. The Bertz CT molecular complexity index is 435. The highest BCUT2D eigenvalue weighted by Gasteiger charge is 2.26. The second-order valence-electron chi connectivity index (χ2n) is 6.13. The topological polar surface area (TPSA) is 33.3 Å². The van der Waals surface area contributed by atoms with E-state index in [1.54, 1.807) is 0 Å². The van der Waals surface area contributed by atoms with E-state index in [1.165, 1.54) is 24.1 Å². The highest BCUT2D eigenvalue weighted by molar-refractivity contribution is 5.53. The Kier molecular flexibility index (Phi) is 4.58. The van der Waals surface area contributed by atoms with Crippen LogP contribution in [-0.4, -0.2) is 32.3 Å². The molecule has 2 aliphatic rings. The van der Waals surface area contributed by atoms with Crippen LogP contribution in [0.5, 0.6) is 0 Å². The lowest BCUT2D eigenvalue weighted by Crippen LogP contribution is -2.36. The third-order valence-corrected chi connectivity index (χ3v) is 4.70. The summed E-state index contributed by atoms with van der Waals surface area (Å²) in [6.45, 7) is 6.47. The summed E-state index contributed by atoms with van der Waals surface area (Å²) in [7, 11) is 0. The van der Waals surface area contributed by atoms with Gasteiger partial charge in [0, 0.05) is 25.4 Å². The lowest BCUT2D eigenvalue weighted by atomic mass is 9.93. The quantitative estimate of drug-likeness (QED) is 0.866. The third kappa shape index (κ3) is 3.15. The molecule has 1 aromatic carbocycles. The van der Waals surface area contributed by atoms with Gasteiger partial charge in [-0.05, 0) is 49.3 Å². The molecule has 3 rings (SSSR count). The predicted octanol–water partition coefficient (Wildman–Crippen LogP) is 2.68. The van der Waals surface area contributed by atoms with Crippen LogP contribution in [0.4, 0.5) is 5.69 Å². The molecule has 0 aromatic heterocycles. The maximum atomic E-state index is 5.75. The number of hydrogen-bond donors (Lipinski definition) is 2. The fourth-order valence-electron chi connectivity index (χ4n) is 3.50. The van der Waals surface area contributed by atoms with E-state index in [1.807, 2.05) is 0 Å². The first-order chi connectivity index (χ1) is 9.86. The molecule has 0 bridgehead atoms. The summed E-state index contributed by atoms with van der Waals surface area (Å²) in [6, 6.07) is 8.67. The summed E-state index contributed by atoms with van der Waals surface area (Å²) < 4.78 is 5.75. The lowest BCUT2D eigenvalue weighted by Gasteiger charge is -2.27. The van der Waals surface area contributed by atoms with Crippen LogP contribution in [0, 0.1) is 11.8 Å². The Morgan fingerprint density at radius 2 is 2.20 bits per heavy atom. The van der Waals surface area contributed by atoms with Gasteiger partial charge in [-0.3, -0.25) is 0 Å². The van der Waals surface area contributed by atoms with Gasteiger partial charge in [-0.1, -0.05) is 25.1 Å². The molecule has 3 atom stereocenters. The first-order valence-electron chi connectivity index (χ1n) is 8.01. The lowest BCUT2D eigenvalue weighted by molar-refractivity contribution is 0.0871. The molecule has 20 heavy (non-hydrogen) atoms. The van der Waals surface area contributed by atoms with Gasteiger partial charge >= 0.3 is 0 Å².